The highest BCUT2D eigenvalue weighted by molar-refractivity contribution is 8.02. The standard InChI is InChI=1S/C27H31N5O5S/c1-16(2)19(14-33)32-23-25(35)30(15-31-18-9-4-3-8-17(18)28-29-31)12-7-11-27(23)22(24(32)34)21-20(38-27)10-5-6-13-37-26(21)36/h3-5,7-11,16,19-23,33H,6,12-15H2,1-2H3/t19-,20+,21-,22-,23?,27-/m0/s1. The minimum absolute atomic E-state index is 0.0995. The predicted molar refractivity (Wildman–Crippen MR) is 141 cm³/mol. The third-order valence-electron chi connectivity index (χ3n) is 8.18. The molecule has 6 rings (SSSR count). The van der Waals surface area contributed by atoms with Crippen LogP contribution in [0.2, 0.25) is 0 Å². The molecular weight excluding hydrogens is 506 g/mol. The summed E-state index contributed by atoms with van der Waals surface area (Å²) >= 11 is 1.50. The number of hydrogen-bond acceptors (Lipinski definition) is 8. The number of ether oxygens (including phenoxy) is 1. The molecule has 2 amide bonds. The Balaban J connectivity index is 1.44. The Bertz CT molecular complexity index is 1340. The van der Waals surface area contributed by atoms with E-state index < -0.39 is 34.6 Å². The number of nitrogens with zero attached hydrogens (tertiary/aromatic N) is 5. The SMILES string of the molecule is CC(C)[C@H](CO)N1C(=O)[C@@H]2[C@H]3C(=O)OCCC=C[C@H]3S[C@@]23C=CCN(Cn2nnc4ccccc42)C(=O)C13. The van der Waals surface area contributed by atoms with E-state index in [4.69, 9.17) is 4.74 Å². The van der Waals surface area contributed by atoms with Crippen molar-refractivity contribution < 1.29 is 24.2 Å². The van der Waals surface area contributed by atoms with Gasteiger partial charge in [-0.05, 0) is 24.5 Å². The highest BCUT2D eigenvalue weighted by Gasteiger charge is 2.71. The highest BCUT2D eigenvalue weighted by Crippen LogP contribution is 2.61. The Kier molecular flexibility index (Phi) is 6.30. The third-order valence-corrected chi connectivity index (χ3v) is 9.92. The number of aliphatic hydroxyl groups excluding tert-OH is 1. The first-order chi connectivity index (χ1) is 18.4. The summed E-state index contributed by atoms with van der Waals surface area (Å²) in [6.07, 6.45) is 8.48. The normalized spacial score (nSPS) is 31.6. The maximum absolute atomic E-state index is 14.4. The molecule has 2 aromatic rings. The third kappa shape index (κ3) is 3.70. The highest BCUT2D eigenvalue weighted by atomic mass is 32.2. The molecule has 0 bridgehead atoms. The molecule has 0 saturated carbocycles. The lowest BCUT2D eigenvalue weighted by atomic mass is 9.78. The van der Waals surface area contributed by atoms with Gasteiger partial charge in [0.05, 0.1) is 41.4 Å². The number of hydrogen-bond donors (Lipinski definition) is 1. The second kappa shape index (κ2) is 9.53. The van der Waals surface area contributed by atoms with Gasteiger partial charge in [0.25, 0.3) is 0 Å². The molecule has 10 nitrogen and oxygen atoms in total. The number of rotatable bonds is 5. The first-order valence-corrected chi connectivity index (χ1v) is 13.9. The van der Waals surface area contributed by atoms with Crippen LogP contribution < -0.4 is 0 Å². The van der Waals surface area contributed by atoms with Gasteiger partial charge in [-0.15, -0.1) is 16.9 Å². The Morgan fingerprint density at radius 1 is 1.18 bits per heavy atom. The van der Waals surface area contributed by atoms with Crippen molar-refractivity contribution in [3.05, 3.63) is 48.6 Å². The number of cyclic esters (lactones) is 1. The zero-order chi connectivity index (χ0) is 26.6. The van der Waals surface area contributed by atoms with E-state index in [1.807, 2.05) is 62.4 Å². The number of likely N-dealkylation sites (tertiary alicyclic amines) is 1. The van der Waals surface area contributed by atoms with E-state index >= 15 is 0 Å². The van der Waals surface area contributed by atoms with Gasteiger partial charge in [-0.25, -0.2) is 4.68 Å². The largest absolute Gasteiger partial charge is 0.465 e. The number of carbonyl (C=O) groups excluding carboxylic acids is 3. The molecule has 38 heavy (non-hydrogen) atoms. The second-order valence-electron chi connectivity index (χ2n) is 10.6. The van der Waals surface area contributed by atoms with Crippen molar-refractivity contribution >= 4 is 40.6 Å². The van der Waals surface area contributed by atoms with Gasteiger partial charge >= 0.3 is 5.97 Å². The molecule has 1 unspecified atom stereocenters. The lowest BCUT2D eigenvalue weighted by molar-refractivity contribution is -0.154. The predicted octanol–water partition coefficient (Wildman–Crippen LogP) is 1.60. The Morgan fingerprint density at radius 2 is 2.00 bits per heavy atom. The topological polar surface area (TPSA) is 118 Å². The lowest BCUT2D eigenvalue weighted by Crippen LogP contribution is -2.57. The van der Waals surface area contributed by atoms with E-state index in [0.717, 1.165) is 11.0 Å². The Morgan fingerprint density at radius 3 is 2.79 bits per heavy atom. The maximum Gasteiger partial charge on any atom is 0.311 e. The van der Waals surface area contributed by atoms with E-state index in [1.165, 1.54) is 11.8 Å². The van der Waals surface area contributed by atoms with Gasteiger partial charge in [0.1, 0.15) is 18.2 Å². The smallest absolute Gasteiger partial charge is 0.311 e. The molecule has 4 aliphatic rings. The zero-order valence-corrected chi connectivity index (χ0v) is 22.2. The van der Waals surface area contributed by atoms with Crippen LogP contribution in [-0.2, 0) is 25.8 Å². The van der Waals surface area contributed by atoms with E-state index in [9.17, 15) is 19.5 Å². The number of aromatic nitrogens is 3. The van der Waals surface area contributed by atoms with Gasteiger partial charge in [-0.2, -0.15) is 0 Å². The number of thioether (sulfide) groups is 1. The van der Waals surface area contributed by atoms with Gasteiger partial charge in [-0.1, -0.05) is 55.5 Å². The molecule has 11 heteroatoms. The first kappa shape index (κ1) is 25.1. The summed E-state index contributed by atoms with van der Waals surface area (Å²) in [5.41, 5.74) is 1.53. The monoisotopic (exact) mass is 537 g/mol. The molecule has 0 radical (unpaired) electrons. The summed E-state index contributed by atoms with van der Waals surface area (Å²) in [7, 11) is 0. The minimum Gasteiger partial charge on any atom is -0.465 e. The van der Waals surface area contributed by atoms with E-state index in [-0.39, 0.29) is 42.9 Å². The zero-order valence-electron chi connectivity index (χ0n) is 21.3. The molecule has 5 heterocycles. The average molecular weight is 538 g/mol. The van der Waals surface area contributed by atoms with Crippen molar-refractivity contribution in [1.29, 1.82) is 0 Å². The van der Waals surface area contributed by atoms with Gasteiger partial charge in [-0.3, -0.25) is 14.4 Å². The number of carbonyl (C=O) groups is 3. The number of benzene rings is 1. The van der Waals surface area contributed by atoms with Crippen molar-refractivity contribution in [3.8, 4) is 0 Å². The molecule has 2 fully saturated rings. The van der Waals surface area contributed by atoms with E-state index in [2.05, 4.69) is 10.3 Å². The van der Waals surface area contributed by atoms with Crippen LogP contribution in [0.1, 0.15) is 20.3 Å². The van der Waals surface area contributed by atoms with Gasteiger partial charge < -0.3 is 19.6 Å². The van der Waals surface area contributed by atoms with E-state index in [1.54, 1.807) is 14.5 Å². The van der Waals surface area contributed by atoms with Crippen LogP contribution in [0.4, 0.5) is 0 Å². The summed E-state index contributed by atoms with van der Waals surface area (Å²) in [6, 6.07) is 6.09. The number of esters is 1. The molecule has 1 N–H and O–H groups in total. The Hall–Kier alpha value is -3.18. The van der Waals surface area contributed by atoms with Crippen LogP contribution in [0.3, 0.4) is 0 Å². The summed E-state index contributed by atoms with van der Waals surface area (Å²) in [5.74, 6) is -2.48. The number of aliphatic hydroxyl groups is 1. The molecule has 4 aliphatic heterocycles. The van der Waals surface area contributed by atoms with Crippen LogP contribution >= 0.6 is 11.8 Å². The molecule has 0 aliphatic carbocycles. The lowest BCUT2D eigenvalue weighted by Gasteiger charge is -2.39. The van der Waals surface area contributed by atoms with Crippen LogP contribution in [0, 0.1) is 17.8 Å². The van der Waals surface area contributed by atoms with Crippen molar-refractivity contribution in [3.63, 3.8) is 0 Å². The van der Waals surface area contributed by atoms with Crippen molar-refractivity contribution in [2.75, 3.05) is 19.8 Å². The fourth-order valence-corrected chi connectivity index (χ4v) is 8.37. The summed E-state index contributed by atoms with van der Waals surface area (Å²) in [6.45, 7) is 4.32. The first-order valence-electron chi connectivity index (χ1n) is 13.1. The van der Waals surface area contributed by atoms with Crippen LogP contribution in [-0.4, -0.2) is 89.5 Å². The average Bonchev–Trinajstić information content (AvgIpc) is 3.48. The maximum atomic E-state index is 14.4. The molecule has 1 aromatic carbocycles. The van der Waals surface area contributed by atoms with Gasteiger partial charge in [0.15, 0.2) is 0 Å². The van der Waals surface area contributed by atoms with Crippen molar-refractivity contribution in [2.45, 2.75) is 49.0 Å². The summed E-state index contributed by atoms with van der Waals surface area (Å²) < 4.78 is 6.25. The van der Waals surface area contributed by atoms with Gasteiger partial charge in [0.2, 0.25) is 11.8 Å². The number of fused-ring (bicyclic) bond motifs is 3. The summed E-state index contributed by atoms with van der Waals surface area (Å²) in [4.78, 5) is 45.2. The van der Waals surface area contributed by atoms with Crippen molar-refractivity contribution in [2.24, 2.45) is 17.8 Å². The fourth-order valence-electron chi connectivity index (χ4n) is 6.38. The Labute approximate surface area is 224 Å². The fraction of sp³-hybridized carbons (Fsp3) is 0.519. The van der Waals surface area contributed by atoms with Crippen LogP contribution in [0.25, 0.3) is 11.0 Å². The van der Waals surface area contributed by atoms with Gasteiger partial charge in [0, 0.05) is 11.8 Å². The molecule has 2 saturated heterocycles. The number of amides is 2. The second-order valence-corrected chi connectivity index (χ2v) is 12.1. The molecule has 6 atom stereocenters. The summed E-state index contributed by atoms with van der Waals surface area (Å²) in [5, 5.41) is 18.6. The van der Waals surface area contributed by atoms with Crippen molar-refractivity contribution in [1.82, 2.24) is 24.8 Å². The van der Waals surface area contributed by atoms with Crippen LogP contribution in [0.5, 0.6) is 0 Å². The molecule has 1 spiro atoms. The van der Waals surface area contributed by atoms with Crippen LogP contribution in [0.15, 0.2) is 48.6 Å². The molecular formula is C27H31N5O5S. The molecule has 200 valence electrons. The molecule has 1 aromatic heterocycles. The quantitative estimate of drug-likeness (QED) is 0.452. The van der Waals surface area contributed by atoms with E-state index in [0.29, 0.717) is 13.0 Å². The number of para-hydroxylation sites is 1. The minimum atomic E-state index is -0.960.